The predicted octanol–water partition coefficient (Wildman–Crippen LogP) is 4.14. The van der Waals surface area contributed by atoms with Crippen molar-refractivity contribution in [3.05, 3.63) is 83.4 Å². The summed E-state index contributed by atoms with van der Waals surface area (Å²) in [4.78, 5) is 19.1. The van der Waals surface area contributed by atoms with Gasteiger partial charge in [-0.2, -0.15) is 0 Å². The molecule has 0 fully saturated rings. The number of urea groups is 1. The first-order valence-electron chi connectivity index (χ1n) is 8.83. The van der Waals surface area contributed by atoms with Gasteiger partial charge in [0.05, 0.1) is 6.04 Å². The maximum atomic E-state index is 13.1. The number of nitrogens with zero attached hydrogens (tertiary/aromatic N) is 3. The lowest BCUT2D eigenvalue weighted by Crippen LogP contribution is -2.44. The summed E-state index contributed by atoms with van der Waals surface area (Å²) in [5.41, 5.74) is 5.40. The molecule has 0 saturated carbocycles. The van der Waals surface area contributed by atoms with E-state index in [1.807, 2.05) is 41.3 Å². The lowest BCUT2D eigenvalue weighted by molar-refractivity contribution is 0.182. The van der Waals surface area contributed by atoms with Gasteiger partial charge in [-0.05, 0) is 66.9 Å². The molecule has 5 heteroatoms. The van der Waals surface area contributed by atoms with Crippen molar-refractivity contribution in [1.29, 1.82) is 0 Å². The van der Waals surface area contributed by atoms with Crippen LogP contribution in [-0.4, -0.2) is 27.0 Å². The molecule has 2 aromatic heterocycles. The summed E-state index contributed by atoms with van der Waals surface area (Å²) in [6.45, 7) is 5.58. The van der Waals surface area contributed by atoms with Crippen molar-refractivity contribution in [3.63, 3.8) is 0 Å². The molecule has 0 saturated heterocycles. The summed E-state index contributed by atoms with van der Waals surface area (Å²) in [6.07, 6.45) is 5.62. The Kier molecular flexibility index (Phi) is 4.21. The fourth-order valence-electron chi connectivity index (χ4n) is 3.51. The number of carbonyl (C=O) groups excluding carboxylic acids is 1. The third-order valence-electron chi connectivity index (χ3n) is 5.08. The third-order valence-corrected chi connectivity index (χ3v) is 5.08. The molecule has 1 aromatic carbocycles. The molecular formula is C21H22N4O. The van der Waals surface area contributed by atoms with Gasteiger partial charge in [-0.25, -0.2) is 4.79 Å². The lowest BCUT2D eigenvalue weighted by Gasteiger charge is -2.37. The molecule has 1 atom stereocenters. The molecule has 1 aliphatic heterocycles. The Morgan fingerprint density at radius 2 is 1.88 bits per heavy atom. The van der Waals surface area contributed by atoms with Gasteiger partial charge < -0.3 is 14.8 Å². The Morgan fingerprint density at radius 3 is 2.65 bits per heavy atom. The van der Waals surface area contributed by atoms with Crippen LogP contribution in [0.1, 0.15) is 28.4 Å². The number of amides is 2. The first-order valence-corrected chi connectivity index (χ1v) is 8.83. The van der Waals surface area contributed by atoms with Gasteiger partial charge in [0, 0.05) is 43.1 Å². The number of nitrogens with one attached hydrogen (secondary N) is 1. The molecule has 1 unspecified atom stereocenters. The first-order chi connectivity index (χ1) is 12.6. The lowest BCUT2D eigenvalue weighted by atomic mass is 10.0. The normalized spacial score (nSPS) is 16.2. The van der Waals surface area contributed by atoms with Gasteiger partial charge in [-0.1, -0.05) is 6.07 Å². The highest BCUT2D eigenvalue weighted by atomic mass is 16.2. The predicted molar refractivity (Wildman–Crippen MR) is 102 cm³/mol. The van der Waals surface area contributed by atoms with Gasteiger partial charge in [-0.15, -0.1) is 0 Å². The van der Waals surface area contributed by atoms with E-state index in [0.29, 0.717) is 6.54 Å². The van der Waals surface area contributed by atoms with Crippen molar-refractivity contribution in [3.8, 4) is 0 Å². The van der Waals surface area contributed by atoms with Crippen LogP contribution in [0.25, 0.3) is 0 Å². The second-order valence-corrected chi connectivity index (χ2v) is 6.73. The minimum Gasteiger partial charge on any atom is -0.348 e. The molecule has 3 aromatic rings. The van der Waals surface area contributed by atoms with Gasteiger partial charge in [0.2, 0.25) is 0 Å². The van der Waals surface area contributed by atoms with E-state index in [-0.39, 0.29) is 12.1 Å². The Bertz CT molecular complexity index is 932. The van der Waals surface area contributed by atoms with Gasteiger partial charge >= 0.3 is 6.03 Å². The SMILES string of the molecule is Cc1ccc(NC(=O)N2CCn3cccc3C2c2ccncc2)cc1C. The average molecular weight is 346 g/mol. The van der Waals surface area contributed by atoms with Crippen LogP contribution in [0.2, 0.25) is 0 Å². The van der Waals surface area contributed by atoms with E-state index in [1.54, 1.807) is 12.4 Å². The molecule has 0 bridgehead atoms. The van der Waals surface area contributed by atoms with Crippen molar-refractivity contribution in [1.82, 2.24) is 14.5 Å². The number of hydrogen-bond acceptors (Lipinski definition) is 2. The van der Waals surface area contributed by atoms with Crippen LogP contribution in [-0.2, 0) is 6.54 Å². The fraction of sp³-hybridized carbons (Fsp3) is 0.238. The van der Waals surface area contributed by atoms with Crippen LogP contribution in [0.4, 0.5) is 10.5 Å². The summed E-state index contributed by atoms with van der Waals surface area (Å²) < 4.78 is 2.21. The molecule has 0 spiro atoms. The van der Waals surface area contributed by atoms with Crippen LogP contribution in [0.15, 0.2) is 61.1 Å². The summed E-state index contributed by atoms with van der Waals surface area (Å²) in [5, 5.41) is 3.06. The van der Waals surface area contributed by atoms with E-state index in [9.17, 15) is 4.79 Å². The smallest absolute Gasteiger partial charge is 0.322 e. The first kappa shape index (κ1) is 16.4. The third kappa shape index (κ3) is 2.96. The zero-order chi connectivity index (χ0) is 18.1. The highest BCUT2D eigenvalue weighted by Gasteiger charge is 2.32. The van der Waals surface area contributed by atoms with Crippen molar-refractivity contribution in [2.75, 3.05) is 11.9 Å². The van der Waals surface area contributed by atoms with Crippen LogP contribution in [0.5, 0.6) is 0 Å². The number of carbonyl (C=O) groups is 1. The zero-order valence-corrected chi connectivity index (χ0v) is 15.0. The molecule has 1 aliphatic rings. The number of benzene rings is 1. The topological polar surface area (TPSA) is 50.2 Å². The van der Waals surface area contributed by atoms with Crippen LogP contribution in [0, 0.1) is 13.8 Å². The number of fused-ring (bicyclic) bond motifs is 1. The second-order valence-electron chi connectivity index (χ2n) is 6.73. The van der Waals surface area contributed by atoms with Crippen LogP contribution >= 0.6 is 0 Å². The molecule has 2 amide bonds. The number of aryl methyl sites for hydroxylation is 2. The molecular weight excluding hydrogens is 324 g/mol. The Hall–Kier alpha value is -3.08. The minimum atomic E-state index is -0.117. The van der Waals surface area contributed by atoms with Crippen LogP contribution in [0.3, 0.4) is 0 Å². The summed E-state index contributed by atoms with van der Waals surface area (Å²) in [6, 6.07) is 13.9. The monoisotopic (exact) mass is 346 g/mol. The Labute approximate surface area is 153 Å². The van der Waals surface area contributed by atoms with E-state index < -0.39 is 0 Å². The largest absolute Gasteiger partial charge is 0.348 e. The second kappa shape index (κ2) is 6.67. The van der Waals surface area contributed by atoms with Crippen molar-refractivity contribution >= 4 is 11.7 Å². The summed E-state index contributed by atoms with van der Waals surface area (Å²) in [7, 11) is 0. The molecule has 0 radical (unpaired) electrons. The average Bonchev–Trinajstić information content (AvgIpc) is 3.13. The molecule has 1 N–H and O–H groups in total. The molecule has 132 valence electrons. The summed E-state index contributed by atoms with van der Waals surface area (Å²) >= 11 is 0. The van der Waals surface area contributed by atoms with E-state index in [2.05, 4.69) is 41.0 Å². The van der Waals surface area contributed by atoms with E-state index in [1.165, 1.54) is 11.1 Å². The van der Waals surface area contributed by atoms with Crippen molar-refractivity contribution < 1.29 is 4.79 Å². The van der Waals surface area contributed by atoms with E-state index in [0.717, 1.165) is 23.5 Å². The van der Waals surface area contributed by atoms with Gasteiger partial charge in [0.1, 0.15) is 0 Å². The number of aromatic nitrogens is 2. The molecule has 3 heterocycles. The fourth-order valence-corrected chi connectivity index (χ4v) is 3.51. The molecule has 0 aliphatic carbocycles. The number of anilines is 1. The molecule has 26 heavy (non-hydrogen) atoms. The highest BCUT2D eigenvalue weighted by molar-refractivity contribution is 5.90. The Balaban J connectivity index is 1.65. The summed E-state index contributed by atoms with van der Waals surface area (Å²) in [5.74, 6) is 0. The Morgan fingerprint density at radius 1 is 1.08 bits per heavy atom. The van der Waals surface area contributed by atoms with Gasteiger partial charge in [-0.3, -0.25) is 4.98 Å². The molecule has 5 nitrogen and oxygen atoms in total. The highest BCUT2D eigenvalue weighted by Crippen LogP contribution is 2.32. The maximum absolute atomic E-state index is 13.1. The zero-order valence-electron chi connectivity index (χ0n) is 15.0. The van der Waals surface area contributed by atoms with E-state index >= 15 is 0 Å². The standard InChI is InChI=1S/C21H22N4O/c1-15-5-6-18(14-16(15)2)23-21(26)25-13-12-24-11-3-4-19(24)20(25)17-7-9-22-10-8-17/h3-11,14,20H,12-13H2,1-2H3,(H,23,26). The van der Waals surface area contributed by atoms with E-state index in [4.69, 9.17) is 0 Å². The quantitative estimate of drug-likeness (QED) is 0.758. The van der Waals surface area contributed by atoms with Gasteiger partial charge in [0.15, 0.2) is 0 Å². The number of hydrogen-bond donors (Lipinski definition) is 1. The van der Waals surface area contributed by atoms with Crippen molar-refractivity contribution in [2.45, 2.75) is 26.4 Å². The molecule has 4 rings (SSSR count). The van der Waals surface area contributed by atoms with Crippen molar-refractivity contribution in [2.24, 2.45) is 0 Å². The number of pyridine rings is 1. The van der Waals surface area contributed by atoms with Crippen LogP contribution < -0.4 is 5.32 Å². The maximum Gasteiger partial charge on any atom is 0.322 e. The minimum absolute atomic E-state index is 0.0810. The van der Waals surface area contributed by atoms with Gasteiger partial charge in [0.25, 0.3) is 0 Å². The number of rotatable bonds is 2.